The van der Waals surface area contributed by atoms with Crippen LogP contribution in [0.25, 0.3) is 0 Å². The summed E-state index contributed by atoms with van der Waals surface area (Å²) in [6.45, 7) is 0.416. The number of rotatable bonds is 7. The van der Waals surface area contributed by atoms with E-state index in [2.05, 4.69) is 4.72 Å². The van der Waals surface area contributed by atoms with Gasteiger partial charge in [0.25, 0.3) is 0 Å². The summed E-state index contributed by atoms with van der Waals surface area (Å²) in [5, 5.41) is 8.79. The third-order valence-electron chi connectivity index (χ3n) is 3.61. The van der Waals surface area contributed by atoms with Crippen molar-refractivity contribution in [3.63, 3.8) is 0 Å². The van der Waals surface area contributed by atoms with Crippen molar-refractivity contribution in [2.75, 3.05) is 6.54 Å². The number of thiophene rings is 1. The van der Waals surface area contributed by atoms with Crippen molar-refractivity contribution in [3.8, 4) is 0 Å². The minimum Gasteiger partial charge on any atom is -0.477 e. The van der Waals surface area contributed by atoms with E-state index in [1.807, 2.05) is 0 Å². The van der Waals surface area contributed by atoms with E-state index in [1.54, 1.807) is 0 Å². The maximum atomic E-state index is 12.0. The van der Waals surface area contributed by atoms with Gasteiger partial charge in [-0.1, -0.05) is 25.7 Å². The highest BCUT2D eigenvalue weighted by atomic mass is 32.2. The fourth-order valence-corrected chi connectivity index (χ4v) is 4.81. The Kier molecular flexibility index (Phi) is 5.17. The van der Waals surface area contributed by atoms with Gasteiger partial charge < -0.3 is 5.11 Å². The first kappa shape index (κ1) is 15.5. The molecule has 0 bridgehead atoms. The van der Waals surface area contributed by atoms with E-state index >= 15 is 0 Å². The maximum absolute atomic E-state index is 12.0. The summed E-state index contributed by atoms with van der Waals surface area (Å²) < 4.78 is 26.5. The second kappa shape index (κ2) is 6.69. The first-order chi connectivity index (χ1) is 9.49. The van der Waals surface area contributed by atoms with Crippen LogP contribution in [0.3, 0.4) is 0 Å². The fraction of sp³-hybridized carbons (Fsp3) is 0.615. The quantitative estimate of drug-likeness (QED) is 0.757. The van der Waals surface area contributed by atoms with Crippen molar-refractivity contribution < 1.29 is 18.3 Å². The Morgan fingerprint density at radius 3 is 2.65 bits per heavy atom. The van der Waals surface area contributed by atoms with Crippen molar-refractivity contribution in [2.24, 2.45) is 5.92 Å². The zero-order valence-corrected chi connectivity index (χ0v) is 12.8. The number of carboxylic acid groups (broad SMARTS) is 1. The molecule has 0 amide bonds. The van der Waals surface area contributed by atoms with E-state index in [-0.39, 0.29) is 9.09 Å². The number of carbonyl (C=O) groups is 1. The van der Waals surface area contributed by atoms with E-state index in [0.29, 0.717) is 6.54 Å². The van der Waals surface area contributed by atoms with Gasteiger partial charge in [0.2, 0.25) is 10.0 Å². The molecule has 5 nitrogen and oxygen atoms in total. The zero-order valence-electron chi connectivity index (χ0n) is 11.2. The third kappa shape index (κ3) is 4.04. The van der Waals surface area contributed by atoms with Crippen molar-refractivity contribution in [1.29, 1.82) is 0 Å². The van der Waals surface area contributed by atoms with Gasteiger partial charge >= 0.3 is 5.97 Å². The Morgan fingerprint density at radius 1 is 1.35 bits per heavy atom. The molecule has 1 saturated carbocycles. The van der Waals surface area contributed by atoms with Crippen molar-refractivity contribution in [3.05, 3.63) is 17.0 Å². The smallest absolute Gasteiger partial charge is 0.345 e. The van der Waals surface area contributed by atoms with Gasteiger partial charge in [-0.3, -0.25) is 0 Å². The highest BCUT2D eigenvalue weighted by molar-refractivity contribution is 7.91. The Labute approximate surface area is 123 Å². The van der Waals surface area contributed by atoms with Gasteiger partial charge in [0.05, 0.1) is 0 Å². The monoisotopic (exact) mass is 317 g/mol. The van der Waals surface area contributed by atoms with Gasteiger partial charge in [-0.15, -0.1) is 11.3 Å². The van der Waals surface area contributed by atoms with E-state index in [1.165, 1.54) is 37.8 Å². The molecule has 0 atom stereocenters. The van der Waals surface area contributed by atoms with Gasteiger partial charge in [0.1, 0.15) is 9.09 Å². The first-order valence-electron chi connectivity index (χ1n) is 6.82. The van der Waals surface area contributed by atoms with Crippen molar-refractivity contribution in [1.82, 2.24) is 4.72 Å². The normalized spacial score (nSPS) is 16.6. The third-order valence-corrected chi connectivity index (χ3v) is 6.64. The SMILES string of the molecule is O=C(O)c1ccc(S(=O)(=O)NCCCC2CCCC2)s1. The average molecular weight is 317 g/mol. The number of sulfonamides is 1. The summed E-state index contributed by atoms with van der Waals surface area (Å²) in [7, 11) is -3.56. The van der Waals surface area contributed by atoms with Crippen LogP contribution in [0.1, 0.15) is 48.2 Å². The van der Waals surface area contributed by atoms with Gasteiger partial charge in [-0.05, 0) is 30.9 Å². The van der Waals surface area contributed by atoms with Crippen molar-refractivity contribution in [2.45, 2.75) is 42.7 Å². The van der Waals surface area contributed by atoms with E-state index in [0.717, 1.165) is 30.1 Å². The Hall–Kier alpha value is -0.920. The Bertz CT molecular complexity index is 559. The van der Waals surface area contributed by atoms with Crippen LogP contribution in [0.2, 0.25) is 0 Å². The van der Waals surface area contributed by atoms with Crippen LogP contribution in [0.4, 0.5) is 0 Å². The molecule has 0 aromatic carbocycles. The lowest BCUT2D eigenvalue weighted by Crippen LogP contribution is -2.24. The summed E-state index contributed by atoms with van der Waals surface area (Å²) in [4.78, 5) is 10.8. The second-order valence-electron chi connectivity index (χ2n) is 5.11. The number of hydrogen-bond acceptors (Lipinski definition) is 4. The second-order valence-corrected chi connectivity index (χ2v) is 8.19. The lowest BCUT2D eigenvalue weighted by Gasteiger charge is -2.09. The molecule has 20 heavy (non-hydrogen) atoms. The molecule has 0 unspecified atom stereocenters. The minimum atomic E-state index is -3.56. The molecule has 1 aliphatic carbocycles. The van der Waals surface area contributed by atoms with Gasteiger partial charge in [0.15, 0.2) is 0 Å². The van der Waals surface area contributed by atoms with Gasteiger partial charge in [-0.25, -0.2) is 17.9 Å². The number of nitrogens with one attached hydrogen (secondary N) is 1. The molecule has 0 radical (unpaired) electrons. The molecule has 1 heterocycles. The molecule has 0 saturated heterocycles. The predicted molar refractivity (Wildman–Crippen MR) is 77.7 cm³/mol. The minimum absolute atomic E-state index is 0.0383. The van der Waals surface area contributed by atoms with Crippen LogP contribution in [0.15, 0.2) is 16.3 Å². The number of carboxylic acids is 1. The maximum Gasteiger partial charge on any atom is 0.345 e. The molecule has 2 rings (SSSR count). The number of hydrogen-bond donors (Lipinski definition) is 2. The molecule has 1 aliphatic rings. The molecule has 0 aliphatic heterocycles. The molecule has 1 aromatic rings. The lowest BCUT2D eigenvalue weighted by atomic mass is 10.0. The number of aromatic carboxylic acids is 1. The standard InChI is InChI=1S/C13H19NO4S2/c15-13(16)11-7-8-12(19-11)20(17,18)14-9-3-6-10-4-1-2-5-10/h7-8,10,14H,1-6,9H2,(H,15,16). The summed E-state index contributed by atoms with van der Waals surface area (Å²) in [5.41, 5.74) is 0. The van der Waals surface area contributed by atoms with Crippen LogP contribution in [0, 0.1) is 5.92 Å². The molecule has 1 aromatic heterocycles. The highest BCUT2D eigenvalue weighted by Crippen LogP contribution is 2.28. The molecule has 0 spiro atoms. The van der Waals surface area contributed by atoms with Crippen molar-refractivity contribution >= 4 is 27.3 Å². The van der Waals surface area contributed by atoms with Gasteiger partial charge in [-0.2, -0.15) is 0 Å². The van der Waals surface area contributed by atoms with Crippen LogP contribution in [0.5, 0.6) is 0 Å². The van der Waals surface area contributed by atoms with Crippen LogP contribution in [-0.2, 0) is 10.0 Å². The molecule has 1 fully saturated rings. The summed E-state index contributed by atoms with van der Waals surface area (Å²) >= 11 is 0.781. The molecular formula is C13H19NO4S2. The lowest BCUT2D eigenvalue weighted by molar-refractivity contribution is 0.0702. The molecular weight excluding hydrogens is 298 g/mol. The average Bonchev–Trinajstić information content (AvgIpc) is 3.05. The molecule has 112 valence electrons. The van der Waals surface area contributed by atoms with E-state index < -0.39 is 16.0 Å². The first-order valence-corrected chi connectivity index (χ1v) is 9.12. The Morgan fingerprint density at radius 2 is 2.05 bits per heavy atom. The largest absolute Gasteiger partial charge is 0.477 e. The van der Waals surface area contributed by atoms with Crippen LogP contribution in [-0.4, -0.2) is 26.0 Å². The van der Waals surface area contributed by atoms with Crippen LogP contribution >= 0.6 is 11.3 Å². The van der Waals surface area contributed by atoms with Gasteiger partial charge in [0, 0.05) is 6.54 Å². The highest BCUT2D eigenvalue weighted by Gasteiger charge is 2.19. The summed E-state index contributed by atoms with van der Waals surface area (Å²) in [6.07, 6.45) is 7.01. The summed E-state index contributed by atoms with van der Waals surface area (Å²) in [5.74, 6) is -0.350. The van der Waals surface area contributed by atoms with E-state index in [9.17, 15) is 13.2 Å². The topological polar surface area (TPSA) is 83.5 Å². The fourth-order valence-electron chi connectivity index (χ4n) is 2.55. The predicted octanol–water partition coefficient (Wildman–Crippen LogP) is 2.70. The molecule has 7 heteroatoms. The Balaban J connectivity index is 1.82. The van der Waals surface area contributed by atoms with Crippen LogP contribution < -0.4 is 4.72 Å². The molecule has 2 N–H and O–H groups in total. The zero-order chi connectivity index (χ0) is 14.6. The van der Waals surface area contributed by atoms with E-state index in [4.69, 9.17) is 5.11 Å². The summed E-state index contributed by atoms with van der Waals surface area (Å²) in [6, 6.07) is 2.66.